The lowest BCUT2D eigenvalue weighted by Gasteiger charge is -2.07. The number of benzene rings is 1. The summed E-state index contributed by atoms with van der Waals surface area (Å²) in [6, 6.07) is 3.09. The third-order valence-corrected chi connectivity index (χ3v) is 4.35. The Morgan fingerprint density at radius 2 is 2.00 bits per heavy atom. The zero-order valence-corrected chi connectivity index (χ0v) is 10.7. The second-order valence-electron chi connectivity index (χ2n) is 2.69. The number of halogens is 2. The van der Waals surface area contributed by atoms with E-state index in [4.69, 9.17) is 15.4 Å². The van der Waals surface area contributed by atoms with Gasteiger partial charge in [0.25, 0.3) is 9.05 Å². The molecule has 0 heterocycles. The van der Waals surface area contributed by atoms with Gasteiger partial charge in [0.15, 0.2) is 0 Å². The molecule has 0 aliphatic heterocycles. The second kappa shape index (κ2) is 4.08. The van der Waals surface area contributed by atoms with Gasteiger partial charge in [0.1, 0.15) is 10.6 Å². The van der Waals surface area contributed by atoms with Crippen LogP contribution in [0.4, 0.5) is 0 Å². The Labute approximate surface area is 95.6 Å². The van der Waals surface area contributed by atoms with Crippen molar-refractivity contribution in [3.63, 3.8) is 0 Å². The van der Waals surface area contributed by atoms with Crippen molar-refractivity contribution in [1.82, 2.24) is 0 Å². The highest BCUT2D eigenvalue weighted by atomic mass is 79.9. The Balaban J connectivity index is 3.51. The van der Waals surface area contributed by atoms with E-state index in [1.165, 1.54) is 13.2 Å². The fourth-order valence-corrected chi connectivity index (χ4v) is 3.15. The molecule has 0 fully saturated rings. The minimum Gasteiger partial charge on any atom is -0.497 e. The number of hydrogen-bond donors (Lipinski definition) is 0. The molecule has 0 aliphatic rings. The van der Waals surface area contributed by atoms with Crippen LogP contribution in [0.15, 0.2) is 21.5 Å². The van der Waals surface area contributed by atoms with E-state index in [0.717, 1.165) is 5.56 Å². The standard InChI is InChI=1S/C8H8BrClO3S/c1-5-3-6(13-2)4-7(8(5)9)14(10,11)12/h3-4H,1-2H3. The van der Waals surface area contributed by atoms with Gasteiger partial charge in [0.05, 0.1) is 7.11 Å². The third-order valence-electron chi connectivity index (χ3n) is 1.69. The zero-order valence-electron chi connectivity index (χ0n) is 7.54. The average molecular weight is 300 g/mol. The first-order valence-electron chi connectivity index (χ1n) is 3.65. The monoisotopic (exact) mass is 298 g/mol. The molecule has 0 aliphatic carbocycles. The van der Waals surface area contributed by atoms with E-state index < -0.39 is 9.05 Å². The summed E-state index contributed by atoms with van der Waals surface area (Å²) in [4.78, 5) is 0.0241. The minimum absolute atomic E-state index is 0.0241. The molecule has 1 aromatic rings. The predicted octanol–water partition coefficient (Wildman–Crippen LogP) is 2.69. The molecule has 0 aromatic heterocycles. The minimum atomic E-state index is -3.74. The van der Waals surface area contributed by atoms with Crippen LogP contribution in [0.5, 0.6) is 5.75 Å². The number of ether oxygens (including phenoxy) is 1. The van der Waals surface area contributed by atoms with Gasteiger partial charge in [0, 0.05) is 21.2 Å². The van der Waals surface area contributed by atoms with E-state index in [2.05, 4.69) is 15.9 Å². The first-order chi connectivity index (χ1) is 6.36. The normalized spacial score (nSPS) is 11.4. The molecule has 0 amide bonds. The predicted molar refractivity (Wildman–Crippen MR) is 58.5 cm³/mol. The molecule has 0 atom stereocenters. The molecular formula is C8H8BrClO3S. The summed E-state index contributed by atoms with van der Waals surface area (Å²) in [6.45, 7) is 1.76. The van der Waals surface area contributed by atoms with Crippen LogP contribution in [0.2, 0.25) is 0 Å². The molecule has 6 heteroatoms. The lowest BCUT2D eigenvalue weighted by atomic mass is 10.2. The maximum Gasteiger partial charge on any atom is 0.262 e. The van der Waals surface area contributed by atoms with Gasteiger partial charge in [-0.15, -0.1) is 0 Å². The highest BCUT2D eigenvalue weighted by Gasteiger charge is 2.17. The van der Waals surface area contributed by atoms with Gasteiger partial charge >= 0.3 is 0 Å². The van der Waals surface area contributed by atoms with Crippen molar-refractivity contribution in [1.29, 1.82) is 0 Å². The molecule has 14 heavy (non-hydrogen) atoms. The summed E-state index contributed by atoms with van der Waals surface area (Å²) >= 11 is 3.16. The molecule has 1 rings (SSSR count). The Hall–Kier alpha value is -0.260. The van der Waals surface area contributed by atoms with Gasteiger partial charge in [-0.05, 0) is 34.5 Å². The van der Waals surface area contributed by atoms with E-state index in [-0.39, 0.29) is 4.90 Å². The van der Waals surface area contributed by atoms with Crippen LogP contribution >= 0.6 is 26.6 Å². The summed E-state index contributed by atoms with van der Waals surface area (Å²) in [7, 11) is 2.97. The maximum atomic E-state index is 11.2. The highest BCUT2D eigenvalue weighted by molar-refractivity contribution is 9.10. The molecule has 0 saturated carbocycles. The summed E-state index contributed by atoms with van der Waals surface area (Å²) in [5, 5.41) is 0. The topological polar surface area (TPSA) is 43.4 Å². The van der Waals surface area contributed by atoms with Crippen LogP contribution in [-0.4, -0.2) is 15.5 Å². The fraction of sp³-hybridized carbons (Fsp3) is 0.250. The van der Waals surface area contributed by atoms with Crippen LogP contribution in [-0.2, 0) is 9.05 Å². The van der Waals surface area contributed by atoms with E-state index in [0.29, 0.717) is 10.2 Å². The SMILES string of the molecule is COc1cc(C)c(Br)c(S(=O)(=O)Cl)c1. The van der Waals surface area contributed by atoms with Gasteiger partial charge in [-0.3, -0.25) is 0 Å². The van der Waals surface area contributed by atoms with Gasteiger partial charge in [-0.2, -0.15) is 0 Å². The number of rotatable bonds is 2. The largest absolute Gasteiger partial charge is 0.497 e. The average Bonchev–Trinajstić information content (AvgIpc) is 2.07. The fourth-order valence-electron chi connectivity index (χ4n) is 1.00. The van der Waals surface area contributed by atoms with E-state index in [9.17, 15) is 8.42 Å². The van der Waals surface area contributed by atoms with E-state index in [1.54, 1.807) is 13.0 Å². The molecule has 0 saturated heterocycles. The molecule has 0 bridgehead atoms. The molecule has 0 N–H and O–H groups in total. The quantitative estimate of drug-likeness (QED) is 0.789. The summed E-state index contributed by atoms with van der Waals surface area (Å²) in [5.41, 5.74) is 0.753. The van der Waals surface area contributed by atoms with Gasteiger partial charge < -0.3 is 4.74 Å². The zero-order chi connectivity index (χ0) is 10.9. The van der Waals surface area contributed by atoms with Crippen molar-refractivity contribution in [2.24, 2.45) is 0 Å². The van der Waals surface area contributed by atoms with Gasteiger partial charge in [-0.25, -0.2) is 8.42 Å². The van der Waals surface area contributed by atoms with Gasteiger partial charge in [-0.1, -0.05) is 0 Å². The number of hydrogen-bond acceptors (Lipinski definition) is 3. The molecule has 0 spiro atoms. The lowest BCUT2D eigenvalue weighted by Crippen LogP contribution is -1.96. The van der Waals surface area contributed by atoms with Crippen LogP contribution in [0, 0.1) is 6.92 Å². The van der Waals surface area contributed by atoms with Crippen molar-refractivity contribution in [2.75, 3.05) is 7.11 Å². The second-order valence-corrected chi connectivity index (χ2v) is 6.02. The van der Waals surface area contributed by atoms with Gasteiger partial charge in [0.2, 0.25) is 0 Å². The summed E-state index contributed by atoms with van der Waals surface area (Å²) in [5.74, 6) is 0.463. The molecule has 3 nitrogen and oxygen atoms in total. The smallest absolute Gasteiger partial charge is 0.262 e. The van der Waals surface area contributed by atoms with Crippen LogP contribution in [0.25, 0.3) is 0 Å². The van der Waals surface area contributed by atoms with Crippen LogP contribution < -0.4 is 4.74 Å². The Kier molecular flexibility index (Phi) is 3.44. The van der Waals surface area contributed by atoms with Crippen molar-refractivity contribution in [3.05, 3.63) is 22.2 Å². The lowest BCUT2D eigenvalue weighted by molar-refractivity contribution is 0.413. The van der Waals surface area contributed by atoms with Crippen LogP contribution in [0.3, 0.4) is 0 Å². The Bertz CT molecular complexity index is 456. The molecule has 0 unspecified atom stereocenters. The van der Waals surface area contributed by atoms with Crippen molar-refractivity contribution < 1.29 is 13.2 Å². The van der Waals surface area contributed by atoms with Crippen molar-refractivity contribution >= 4 is 35.7 Å². The molecule has 78 valence electrons. The summed E-state index contributed by atoms with van der Waals surface area (Å²) < 4.78 is 27.7. The maximum absolute atomic E-state index is 11.2. The van der Waals surface area contributed by atoms with E-state index >= 15 is 0 Å². The van der Waals surface area contributed by atoms with Crippen molar-refractivity contribution in [3.8, 4) is 5.75 Å². The summed E-state index contributed by atoms with van der Waals surface area (Å²) in [6.07, 6.45) is 0. The Morgan fingerprint density at radius 1 is 1.43 bits per heavy atom. The number of aryl methyl sites for hydroxylation is 1. The highest BCUT2D eigenvalue weighted by Crippen LogP contribution is 2.32. The molecular weight excluding hydrogens is 292 g/mol. The first-order valence-corrected chi connectivity index (χ1v) is 6.75. The van der Waals surface area contributed by atoms with Crippen molar-refractivity contribution in [2.45, 2.75) is 11.8 Å². The van der Waals surface area contributed by atoms with Crippen LogP contribution in [0.1, 0.15) is 5.56 Å². The Morgan fingerprint density at radius 3 is 2.43 bits per heavy atom. The third kappa shape index (κ3) is 2.40. The molecule has 1 aromatic carbocycles. The molecule has 0 radical (unpaired) electrons. The number of methoxy groups -OCH3 is 1. The first kappa shape index (κ1) is 11.8. The van der Waals surface area contributed by atoms with E-state index in [1.807, 2.05) is 0 Å².